The smallest absolute Gasteiger partial charge is 0.726 e. The van der Waals surface area contributed by atoms with E-state index in [2.05, 4.69) is 13.7 Å². The molecule has 0 heterocycles. The van der Waals surface area contributed by atoms with Crippen LogP contribution in [0.4, 0.5) is 171 Å². The number of hydrogen-bond acceptors (Lipinski definition) is 9. The molecule has 0 aromatic rings. The molecule has 0 unspecified atom stereocenters. The summed E-state index contributed by atoms with van der Waals surface area (Å²) < 4.78 is 596. The molecule has 0 rings (SSSR count). The molecule has 0 atom stereocenters. The number of ether oxygens (including phenoxy) is 5. The third-order valence-electron chi connectivity index (χ3n) is 9.35. The Bertz CT molecular complexity index is 2120. The number of rotatable bonds is 35. The molecule has 0 aromatic heterocycles. The molecule has 0 amide bonds. The third-order valence-corrected chi connectivity index (χ3v) is 9.81. The van der Waals surface area contributed by atoms with Crippen molar-refractivity contribution in [3.63, 3.8) is 0 Å². The third kappa shape index (κ3) is 12.9. The van der Waals surface area contributed by atoms with Gasteiger partial charge in [-0.1, -0.05) is 0 Å². The molecule has 0 aromatic carbocycles. The summed E-state index contributed by atoms with van der Waals surface area (Å²) in [5.41, 5.74) is 0. The molecule has 0 aliphatic carbocycles. The van der Waals surface area contributed by atoms with Crippen LogP contribution in [0.1, 0.15) is 0 Å². The maximum atomic E-state index is 14.2. The molecule has 0 spiro atoms. The van der Waals surface area contributed by atoms with Crippen LogP contribution in [0.3, 0.4) is 0 Å². The Morgan fingerprint density at radius 3 is 0.562 bits per heavy atom. The Morgan fingerprint density at radius 2 is 0.388 bits per heavy atom. The van der Waals surface area contributed by atoms with Crippen LogP contribution in [0, 0.1) is 0 Å². The molecule has 0 aliphatic heterocycles. The zero-order chi connectivity index (χ0) is 64.0. The van der Waals surface area contributed by atoms with E-state index >= 15 is 0 Å². The summed E-state index contributed by atoms with van der Waals surface area (Å²) in [5.74, 6) is -178. The van der Waals surface area contributed by atoms with Crippen molar-refractivity contribution in [3.05, 3.63) is 0 Å². The monoisotopic (exact) mass is 1320 g/mol. The molecular weight excluding hydrogens is 1300 g/mol. The summed E-state index contributed by atoms with van der Waals surface area (Å²) in [7, 11) is -5.01. The minimum Gasteiger partial charge on any atom is -0.726 e. The normalized spacial score (nSPS) is 16.1. The minimum absolute atomic E-state index is 0. The molecule has 0 radical (unpaired) electrons. The molecule has 0 bridgehead atoms. The standard InChI is InChI=1S/C30H23F39O9S.Na/c31-12(32,11-77-8-7-75-4-3-73-1-2-74-5-6-76-9-10-78-79(70,71)72)13(33,34)14(35,36)15(37,38)16(39,40)17(41,42)18(43,44)19(45,46)20(47,48)21(49,50)22(51,52)23(53,54)24(55,56)25(57,58)26(59,60)27(61,62)28(63,64)29(65,66)30(67,68)69;/h1-11H2,(H,70,71,72);/q;+1/p-1. The summed E-state index contributed by atoms with van der Waals surface area (Å²) >= 11 is 0. The molecular formula is C30H22F39NaO9S. The van der Waals surface area contributed by atoms with Gasteiger partial charge in [-0.3, -0.25) is 4.18 Å². The Hall–Kier alpha value is -2.06. The zero-order valence-corrected chi connectivity index (χ0v) is 39.9. The van der Waals surface area contributed by atoms with Crippen molar-refractivity contribution in [1.82, 2.24) is 0 Å². The van der Waals surface area contributed by atoms with E-state index in [9.17, 15) is 184 Å². The van der Waals surface area contributed by atoms with E-state index in [1.54, 1.807) is 0 Å². The largest absolute Gasteiger partial charge is 1.00 e. The molecule has 0 N–H and O–H groups in total. The maximum Gasteiger partial charge on any atom is 1.00 e. The second kappa shape index (κ2) is 24.4. The van der Waals surface area contributed by atoms with E-state index in [1.807, 2.05) is 0 Å². The van der Waals surface area contributed by atoms with Gasteiger partial charge in [0, 0.05) is 0 Å². The van der Waals surface area contributed by atoms with E-state index in [0.29, 0.717) is 0 Å². The summed E-state index contributed by atoms with van der Waals surface area (Å²) in [6.07, 6.45) is -8.52. The quantitative estimate of drug-likeness (QED) is 0.0203. The summed E-state index contributed by atoms with van der Waals surface area (Å²) in [5, 5.41) is 0. The fourth-order valence-corrected chi connectivity index (χ4v) is 5.00. The van der Waals surface area contributed by atoms with Gasteiger partial charge in [0.05, 0.1) is 66.1 Å². The predicted octanol–water partition coefficient (Wildman–Crippen LogP) is 8.55. The van der Waals surface area contributed by atoms with Gasteiger partial charge in [-0.05, 0) is 0 Å². The second-order valence-corrected chi connectivity index (χ2v) is 15.8. The first-order chi connectivity index (χ1) is 34.2. The SMILES string of the molecule is O=S(=O)([O-])OCCOCCOCCOCCOCCOCC(F)(F)C(F)(F)C(F)(F)C(F)(F)C(F)(F)C(F)(F)C(F)(F)C(F)(F)C(F)(F)C(F)(F)C(F)(F)C(F)(F)C(F)(F)C(F)(F)C(F)(F)C(F)(F)C(F)(F)C(F)(F)C(F)(F)F.[Na+]. The summed E-state index contributed by atoms with van der Waals surface area (Å²) in [6, 6.07) is 0. The van der Waals surface area contributed by atoms with Gasteiger partial charge < -0.3 is 28.2 Å². The Balaban J connectivity index is 0. The molecule has 80 heavy (non-hydrogen) atoms. The Kier molecular flexibility index (Phi) is 24.4. The van der Waals surface area contributed by atoms with E-state index in [0.717, 1.165) is 0 Å². The van der Waals surface area contributed by atoms with Gasteiger partial charge in [-0.2, -0.15) is 171 Å². The fourth-order valence-electron chi connectivity index (χ4n) is 4.73. The van der Waals surface area contributed by atoms with Crippen molar-refractivity contribution in [1.29, 1.82) is 0 Å². The summed E-state index contributed by atoms with van der Waals surface area (Å²) in [6.45, 7) is -9.80. The average molecular weight is 1320 g/mol. The van der Waals surface area contributed by atoms with Crippen molar-refractivity contribution >= 4 is 10.4 Å². The maximum absolute atomic E-state index is 14.2. The molecule has 0 aliphatic rings. The van der Waals surface area contributed by atoms with Crippen molar-refractivity contribution in [2.75, 3.05) is 72.7 Å². The topological polar surface area (TPSA) is 113 Å². The van der Waals surface area contributed by atoms with Gasteiger partial charge in [0.1, 0.15) is 6.61 Å². The van der Waals surface area contributed by atoms with E-state index in [4.69, 9.17) is 14.2 Å². The minimum atomic E-state index is -10.6. The van der Waals surface area contributed by atoms with Crippen molar-refractivity contribution < 1.29 is 242 Å². The van der Waals surface area contributed by atoms with Gasteiger partial charge in [0.25, 0.3) is 0 Å². The van der Waals surface area contributed by atoms with Crippen LogP contribution in [0.15, 0.2) is 0 Å². The van der Waals surface area contributed by atoms with Crippen LogP contribution < -0.4 is 29.6 Å². The molecule has 0 saturated heterocycles. The van der Waals surface area contributed by atoms with Crippen LogP contribution in [-0.4, -0.2) is 198 Å². The van der Waals surface area contributed by atoms with Gasteiger partial charge in [0.2, 0.25) is 10.4 Å². The Morgan fingerprint density at radius 1 is 0.237 bits per heavy atom. The van der Waals surface area contributed by atoms with Crippen LogP contribution >= 0.6 is 0 Å². The van der Waals surface area contributed by atoms with E-state index < -0.39 is 169 Å². The average Bonchev–Trinajstić information content (AvgIpc) is 3.25. The van der Waals surface area contributed by atoms with E-state index in [-0.39, 0.29) is 56.0 Å². The molecule has 9 nitrogen and oxygen atoms in total. The van der Waals surface area contributed by atoms with Crippen LogP contribution in [0.5, 0.6) is 0 Å². The number of hydrogen-bond donors (Lipinski definition) is 0. The number of halogens is 39. The molecule has 0 saturated carbocycles. The van der Waals surface area contributed by atoms with Crippen molar-refractivity contribution in [2.24, 2.45) is 0 Å². The number of alkyl halides is 39. The van der Waals surface area contributed by atoms with E-state index in [1.165, 1.54) is 0 Å². The van der Waals surface area contributed by atoms with Gasteiger partial charge in [-0.25, -0.2) is 8.42 Å². The molecule has 50 heteroatoms. The van der Waals surface area contributed by atoms with Crippen LogP contribution in [-0.2, 0) is 38.3 Å². The van der Waals surface area contributed by atoms with Gasteiger partial charge in [0.15, 0.2) is 0 Å². The van der Waals surface area contributed by atoms with Crippen molar-refractivity contribution in [3.8, 4) is 0 Å². The zero-order valence-electron chi connectivity index (χ0n) is 37.1. The fraction of sp³-hybridized carbons (Fsp3) is 1.00. The predicted molar refractivity (Wildman–Crippen MR) is 165 cm³/mol. The van der Waals surface area contributed by atoms with Gasteiger partial charge in [-0.15, -0.1) is 0 Å². The first-order valence-corrected chi connectivity index (χ1v) is 19.9. The second-order valence-electron chi connectivity index (χ2n) is 14.7. The van der Waals surface area contributed by atoms with Crippen molar-refractivity contribution in [2.45, 2.75) is 113 Å². The van der Waals surface area contributed by atoms with Crippen LogP contribution in [0.25, 0.3) is 0 Å². The van der Waals surface area contributed by atoms with Crippen LogP contribution in [0.2, 0.25) is 0 Å². The molecule has 0 fully saturated rings. The van der Waals surface area contributed by atoms with Gasteiger partial charge >= 0.3 is 142 Å². The Labute approximate surface area is 437 Å². The summed E-state index contributed by atoms with van der Waals surface area (Å²) in [4.78, 5) is 0. The first kappa shape index (κ1) is 80.0. The molecule has 476 valence electrons. The first-order valence-electron chi connectivity index (χ1n) is 18.6.